The zero-order valence-corrected chi connectivity index (χ0v) is 9.80. The normalized spacial score (nSPS) is 24.2. The third-order valence-corrected chi connectivity index (χ3v) is 4.48. The molecule has 0 bridgehead atoms. The Labute approximate surface area is 93.1 Å². The van der Waals surface area contributed by atoms with Crippen LogP contribution in [0.25, 0.3) is 0 Å². The average molecular weight is 247 g/mol. The van der Waals surface area contributed by atoms with Gasteiger partial charge < -0.3 is 0 Å². The van der Waals surface area contributed by atoms with Crippen LogP contribution in [0.5, 0.6) is 0 Å². The van der Waals surface area contributed by atoms with Crippen LogP contribution in [0, 0.1) is 0 Å². The lowest BCUT2D eigenvalue weighted by atomic mass is 10.1. The summed E-state index contributed by atoms with van der Waals surface area (Å²) in [5, 5.41) is 7.87. The molecule has 0 aromatic carbocycles. The van der Waals surface area contributed by atoms with Crippen molar-refractivity contribution >= 4 is 21.5 Å². The van der Waals surface area contributed by atoms with Crippen molar-refractivity contribution in [2.75, 3.05) is 6.54 Å². The van der Waals surface area contributed by atoms with Gasteiger partial charge in [0.1, 0.15) is 5.01 Å². The van der Waals surface area contributed by atoms with Crippen LogP contribution >= 0.6 is 11.3 Å². The third-order valence-electron chi connectivity index (χ3n) is 2.52. The van der Waals surface area contributed by atoms with E-state index in [1.54, 1.807) is 6.20 Å². The maximum Gasteiger partial charge on any atom is 0.277 e. The molecule has 2 rings (SSSR count). The van der Waals surface area contributed by atoms with E-state index in [0.717, 1.165) is 24.3 Å². The van der Waals surface area contributed by atoms with Crippen LogP contribution in [0.15, 0.2) is 11.6 Å². The lowest BCUT2D eigenvalue weighted by molar-refractivity contribution is 0.255. The first-order chi connectivity index (χ1) is 7.09. The van der Waals surface area contributed by atoms with Crippen LogP contribution in [0.3, 0.4) is 0 Å². The maximum absolute atomic E-state index is 11.4. The molecule has 1 aromatic rings. The highest BCUT2D eigenvalue weighted by atomic mass is 32.2. The van der Waals surface area contributed by atoms with E-state index in [9.17, 15) is 8.42 Å². The molecule has 1 saturated heterocycles. The van der Waals surface area contributed by atoms with Gasteiger partial charge in [-0.1, -0.05) is 6.42 Å². The van der Waals surface area contributed by atoms with Gasteiger partial charge in [0, 0.05) is 18.1 Å². The molecular formula is C8H13N3O2S2. The molecule has 1 aliphatic rings. The number of hydrogen-bond donors (Lipinski definition) is 1. The highest BCUT2D eigenvalue weighted by Crippen LogP contribution is 2.32. The van der Waals surface area contributed by atoms with Crippen LogP contribution < -0.4 is 5.14 Å². The zero-order valence-electron chi connectivity index (χ0n) is 8.17. The standard InChI is InChI=1S/C8H13N3O2S2/c9-15(12,13)11-5-2-1-3-7(11)8-10-4-6-14-8/h4,6-7H,1-3,5H2,(H2,9,12,13). The van der Waals surface area contributed by atoms with Crippen molar-refractivity contribution in [3.05, 3.63) is 16.6 Å². The molecular weight excluding hydrogens is 234 g/mol. The Kier molecular flexibility index (Phi) is 3.06. The molecule has 0 radical (unpaired) electrons. The van der Waals surface area contributed by atoms with Gasteiger partial charge in [-0.25, -0.2) is 10.1 Å². The van der Waals surface area contributed by atoms with E-state index < -0.39 is 10.2 Å². The highest BCUT2D eigenvalue weighted by molar-refractivity contribution is 7.86. The van der Waals surface area contributed by atoms with Gasteiger partial charge in [-0.05, 0) is 12.8 Å². The Morgan fingerprint density at radius 2 is 2.33 bits per heavy atom. The molecule has 0 aliphatic carbocycles. The van der Waals surface area contributed by atoms with Crippen molar-refractivity contribution in [3.8, 4) is 0 Å². The summed E-state index contributed by atoms with van der Waals surface area (Å²) in [6.07, 6.45) is 4.40. The molecule has 2 N–H and O–H groups in total. The molecule has 1 unspecified atom stereocenters. The van der Waals surface area contributed by atoms with Gasteiger partial charge in [0.25, 0.3) is 10.2 Å². The minimum absolute atomic E-state index is 0.159. The molecule has 1 aliphatic heterocycles. The Morgan fingerprint density at radius 3 is 2.93 bits per heavy atom. The SMILES string of the molecule is NS(=O)(=O)N1CCCCC1c1nccs1. The third kappa shape index (κ3) is 2.36. The molecule has 1 atom stereocenters. The Balaban J connectivity index is 2.28. The topological polar surface area (TPSA) is 76.3 Å². The molecule has 2 heterocycles. The molecule has 5 nitrogen and oxygen atoms in total. The lowest BCUT2D eigenvalue weighted by Crippen LogP contribution is -2.42. The fourth-order valence-electron chi connectivity index (χ4n) is 1.86. The zero-order chi connectivity index (χ0) is 10.9. The van der Waals surface area contributed by atoms with Gasteiger partial charge >= 0.3 is 0 Å². The molecule has 0 saturated carbocycles. The second-order valence-corrected chi connectivity index (χ2v) is 5.96. The van der Waals surface area contributed by atoms with E-state index in [1.165, 1.54) is 15.6 Å². The summed E-state index contributed by atoms with van der Waals surface area (Å²) in [6, 6.07) is -0.159. The number of thiazole rings is 1. The van der Waals surface area contributed by atoms with Gasteiger partial charge in [0.05, 0.1) is 6.04 Å². The van der Waals surface area contributed by atoms with E-state index in [4.69, 9.17) is 5.14 Å². The van der Waals surface area contributed by atoms with E-state index in [-0.39, 0.29) is 6.04 Å². The highest BCUT2D eigenvalue weighted by Gasteiger charge is 2.32. The van der Waals surface area contributed by atoms with Crippen LogP contribution in [0.4, 0.5) is 0 Å². The number of nitrogens with two attached hydrogens (primary N) is 1. The molecule has 7 heteroatoms. The van der Waals surface area contributed by atoms with Crippen LogP contribution in [-0.4, -0.2) is 24.3 Å². The minimum Gasteiger partial charge on any atom is -0.248 e. The Bertz CT molecular complexity index is 415. The molecule has 15 heavy (non-hydrogen) atoms. The quantitative estimate of drug-likeness (QED) is 0.842. The van der Waals surface area contributed by atoms with E-state index in [0.29, 0.717) is 6.54 Å². The number of rotatable bonds is 2. The first-order valence-electron chi connectivity index (χ1n) is 4.78. The van der Waals surface area contributed by atoms with Crippen molar-refractivity contribution in [3.63, 3.8) is 0 Å². The smallest absolute Gasteiger partial charge is 0.248 e. The Hall–Kier alpha value is -0.500. The van der Waals surface area contributed by atoms with Crippen LogP contribution in [0.1, 0.15) is 30.3 Å². The van der Waals surface area contributed by atoms with Gasteiger partial charge in [-0.3, -0.25) is 0 Å². The largest absolute Gasteiger partial charge is 0.277 e. The summed E-state index contributed by atoms with van der Waals surface area (Å²) in [4.78, 5) is 4.16. The van der Waals surface area contributed by atoms with E-state index in [2.05, 4.69) is 4.98 Å². The van der Waals surface area contributed by atoms with E-state index in [1.807, 2.05) is 5.38 Å². The van der Waals surface area contributed by atoms with Gasteiger partial charge in [-0.2, -0.15) is 12.7 Å². The lowest BCUT2D eigenvalue weighted by Gasteiger charge is -2.31. The van der Waals surface area contributed by atoms with Crippen molar-refractivity contribution in [1.82, 2.24) is 9.29 Å². The second kappa shape index (κ2) is 4.17. The van der Waals surface area contributed by atoms with Crippen molar-refractivity contribution < 1.29 is 8.42 Å². The summed E-state index contributed by atoms with van der Waals surface area (Å²) >= 11 is 1.48. The van der Waals surface area contributed by atoms with E-state index >= 15 is 0 Å². The first kappa shape index (κ1) is 11.0. The minimum atomic E-state index is -3.60. The van der Waals surface area contributed by atoms with Crippen molar-refractivity contribution in [1.29, 1.82) is 0 Å². The van der Waals surface area contributed by atoms with Crippen LogP contribution in [-0.2, 0) is 10.2 Å². The summed E-state index contributed by atoms with van der Waals surface area (Å²) in [5.74, 6) is 0. The number of nitrogens with zero attached hydrogens (tertiary/aromatic N) is 2. The predicted octanol–water partition coefficient (Wildman–Crippen LogP) is 0.874. The fraction of sp³-hybridized carbons (Fsp3) is 0.625. The second-order valence-electron chi connectivity index (χ2n) is 3.54. The van der Waals surface area contributed by atoms with Gasteiger partial charge in [0.2, 0.25) is 0 Å². The molecule has 1 aromatic heterocycles. The molecule has 84 valence electrons. The monoisotopic (exact) mass is 247 g/mol. The summed E-state index contributed by atoms with van der Waals surface area (Å²) in [5.41, 5.74) is 0. The van der Waals surface area contributed by atoms with Gasteiger partial charge in [-0.15, -0.1) is 11.3 Å². The molecule has 1 fully saturated rings. The average Bonchev–Trinajstić information content (AvgIpc) is 2.69. The number of hydrogen-bond acceptors (Lipinski definition) is 4. The van der Waals surface area contributed by atoms with Gasteiger partial charge in [0.15, 0.2) is 0 Å². The predicted molar refractivity (Wildman–Crippen MR) is 58.5 cm³/mol. The van der Waals surface area contributed by atoms with Crippen LogP contribution in [0.2, 0.25) is 0 Å². The summed E-state index contributed by atoms with van der Waals surface area (Å²) in [7, 11) is -3.60. The number of piperidine rings is 1. The van der Waals surface area contributed by atoms with Crippen molar-refractivity contribution in [2.24, 2.45) is 5.14 Å². The number of aromatic nitrogens is 1. The maximum atomic E-state index is 11.4. The summed E-state index contributed by atoms with van der Waals surface area (Å²) < 4.78 is 24.1. The molecule has 0 spiro atoms. The molecule has 0 amide bonds. The fourth-order valence-corrected chi connectivity index (χ4v) is 3.65. The first-order valence-corrected chi connectivity index (χ1v) is 7.16. The van der Waals surface area contributed by atoms with Crippen molar-refractivity contribution in [2.45, 2.75) is 25.3 Å². The Morgan fingerprint density at radius 1 is 1.53 bits per heavy atom. The summed E-state index contributed by atoms with van der Waals surface area (Å²) in [6.45, 7) is 0.503.